The van der Waals surface area contributed by atoms with E-state index in [9.17, 15) is 5.21 Å². The lowest BCUT2D eigenvalue weighted by molar-refractivity contribution is 0.511. The fourth-order valence-electron chi connectivity index (χ4n) is 1.75. The fraction of sp³-hybridized carbons (Fsp3) is 0.667. The number of aromatic nitrogens is 1. The average Bonchev–Trinajstić information content (AvgIpc) is 2.27. The van der Waals surface area contributed by atoms with Crippen LogP contribution in [-0.4, -0.2) is 4.73 Å². The highest BCUT2D eigenvalue weighted by atomic mass is 16.5. The zero-order valence-corrected chi connectivity index (χ0v) is 10.0. The maximum Gasteiger partial charge on any atom is 0.0218 e. The van der Waals surface area contributed by atoms with Gasteiger partial charge in [-0.15, -0.1) is 0 Å². The summed E-state index contributed by atoms with van der Waals surface area (Å²) in [6, 6.07) is 1.94. The largest absolute Gasteiger partial charge is 0.806 e. The molecule has 0 N–H and O–H groups in total. The number of nitrogens with zero attached hydrogens (tertiary/aromatic N) is 1. The summed E-state index contributed by atoms with van der Waals surface area (Å²) in [5, 5.41) is 11.7. The van der Waals surface area contributed by atoms with Gasteiger partial charge in [0.1, 0.15) is 0 Å². The number of hydrogen-bond donors (Lipinski definition) is 0. The van der Waals surface area contributed by atoms with Crippen LogP contribution in [0.5, 0.6) is 0 Å². The first kappa shape index (κ1) is 11.2. The summed E-state index contributed by atoms with van der Waals surface area (Å²) in [5.74, 6) is 0. The fourth-order valence-corrected chi connectivity index (χ4v) is 1.75. The Labute approximate surface area is 86.5 Å². The van der Waals surface area contributed by atoms with Crippen LogP contribution in [0, 0.1) is 5.21 Å². The van der Waals surface area contributed by atoms with Crippen molar-refractivity contribution in [3.05, 3.63) is 28.7 Å². The molecule has 0 spiro atoms. The van der Waals surface area contributed by atoms with Gasteiger partial charge in [0, 0.05) is 11.1 Å². The summed E-state index contributed by atoms with van der Waals surface area (Å²) in [6.45, 7) is 12.6. The molecular weight excluding hydrogens is 174 g/mol. The zero-order chi connectivity index (χ0) is 11.1. The van der Waals surface area contributed by atoms with Gasteiger partial charge in [0.05, 0.1) is 0 Å². The number of hydrogen-bond acceptors (Lipinski definition) is 1. The molecule has 0 bridgehead atoms. The van der Waals surface area contributed by atoms with Gasteiger partial charge in [0.2, 0.25) is 0 Å². The first-order valence-corrected chi connectivity index (χ1v) is 5.04. The van der Waals surface area contributed by atoms with Crippen LogP contribution >= 0.6 is 0 Å². The van der Waals surface area contributed by atoms with Crippen LogP contribution in [0.4, 0.5) is 0 Å². The van der Waals surface area contributed by atoms with Gasteiger partial charge in [-0.25, -0.2) is 0 Å². The van der Waals surface area contributed by atoms with Crippen LogP contribution in [0.2, 0.25) is 0 Å². The van der Waals surface area contributed by atoms with Crippen LogP contribution in [0.3, 0.4) is 0 Å². The minimum absolute atomic E-state index is 0.0400. The van der Waals surface area contributed by atoms with Gasteiger partial charge >= 0.3 is 0 Å². The molecule has 1 aromatic rings. The molecule has 0 saturated heterocycles. The van der Waals surface area contributed by atoms with E-state index in [0.717, 1.165) is 16.0 Å². The minimum atomic E-state index is -0.0894. The first-order chi connectivity index (χ1) is 6.14. The standard InChI is InChI=1S/C12H20NO/c1-11(2,3)9-7-8-13(14)10(9)12(4,5)6/h7-8H,1-6H3/q-1. The van der Waals surface area contributed by atoms with Crippen molar-refractivity contribution in [3.8, 4) is 0 Å². The Hall–Kier alpha value is -0.920. The molecular formula is C12H20NO-. The molecule has 0 aliphatic carbocycles. The van der Waals surface area contributed by atoms with Crippen molar-refractivity contribution in [2.24, 2.45) is 0 Å². The minimum Gasteiger partial charge on any atom is -0.806 e. The Morgan fingerprint density at radius 1 is 1.00 bits per heavy atom. The van der Waals surface area contributed by atoms with Crippen LogP contribution in [0.1, 0.15) is 52.8 Å². The zero-order valence-electron chi connectivity index (χ0n) is 10.0. The van der Waals surface area contributed by atoms with Crippen molar-refractivity contribution >= 4 is 0 Å². The lowest BCUT2D eigenvalue weighted by Gasteiger charge is -2.30. The molecule has 0 aliphatic heterocycles. The average molecular weight is 194 g/mol. The second-order valence-electron chi connectivity index (χ2n) is 5.90. The van der Waals surface area contributed by atoms with E-state index >= 15 is 0 Å². The summed E-state index contributed by atoms with van der Waals surface area (Å²) in [6.07, 6.45) is 1.61. The normalized spacial score (nSPS) is 13.3. The van der Waals surface area contributed by atoms with E-state index < -0.39 is 0 Å². The molecule has 1 rings (SSSR count). The van der Waals surface area contributed by atoms with E-state index in [1.165, 1.54) is 0 Å². The highest BCUT2D eigenvalue weighted by molar-refractivity contribution is 5.34. The molecule has 0 atom stereocenters. The second kappa shape index (κ2) is 3.04. The molecule has 0 aromatic carbocycles. The highest BCUT2D eigenvalue weighted by Gasteiger charge is 2.26. The monoisotopic (exact) mass is 194 g/mol. The summed E-state index contributed by atoms with van der Waals surface area (Å²) >= 11 is 0. The van der Waals surface area contributed by atoms with Gasteiger partial charge in [-0.3, -0.25) is 0 Å². The van der Waals surface area contributed by atoms with Crippen molar-refractivity contribution < 1.29 is 0 Å². The molecule has 2 heteroatoms. The van der Waals surface area contributed by atoms with E-state index in [0.29, 0.717) is 0 Å². The maximum atomic E-state index is 11.7. The van der Waals surface area contributed by atoms with E-state index in [-0.39, 0.29) is 10.8 Å². The van der Waals surface area contributed by atoms with Gasteiger partial charge in [-0.05, 0) is 23.2 Å². The molecule has 80 valence electrons. The van der Waals surface area contributed by atoms with Crippen molar-refractivity contribution in [2.45, 2.75) is 52.4 Å². The SMILES string of the molecule is CC(C)(C)c1ccn([O-])c1C(C)(C)C. The van der Waals surface area contributed by atoms with Gasteiger partial charge in [-0.2, -0.15) is 0 Å². The Bertz CT molecular complexity index is 323. The summed E-state index contributed by atoms with van der Waals surface area (Å²) in [5.41, 5.74) is 2.00. The third kappa shape index (κ3) is 1.94. The predicted molar refractivity (Wildman–Crippen MR) is 60.6 cm³/mol. The summed E-state index contributed by atoms with van der Waals surface area (Å²) < 4.78 is 1.00. The molecule has 14 heavy (non-hydrogen) atoms. The summed E-state index contributed by atoms with van der Waals surface area (Å²) in [4.78, 5) is 0. The van der Waals surface area contributed by atoms with Crippen LogP contribution < -0.4 is 0 Å². The lowest BCUT2D eigenvalue weighted by atomic mass is 9.80. The van der Waals surface area contributed by atoms with Crippen LogP contribution in [0.25, 0.3) is 0 Å². The Morgan fingerprint density at radius 3 is 1.79 bits per heavy atom. The van der Waals surface area contributed by atoms with Crippen molar-refractivity contribution in [1.82, 2.24) is 4.73 Å². The third-order valence-corrected chi connectivity index (χ3v) is 2.37. The molecule has 0 amide bonds. The van der Waals surface area contributed by atoms with Crippen LogP contribution in [0.15, 0.2) is 12.3 Å². The topological polar surface area (TPSA) is 28.0 Å². The van der Waals surface area contributed by atoms with E-state index in [2.05, 4.69) is 41.5 Å². The molecule has 1 heterocycles. The van der Waals surface area contributed by atoms with E-state index in [1.807, 2.05) is 6.07 Å². The molecule has 1 aromatic heterocycles. The van der Waals surface area contributed by atoms with E-state index in [1.54, 1.807) is 6.20 Å². The summed E-state index contributed by atoms with van der Waals surface area (Å²) in [7, 11) is 0. The van der Waals surface area contributed by atoms with E-state index in [4.69, 9.17) is 0 Å². The Kier molecular flexibility index (Phi) is 2.42. The predicted octanol–water partition coefficient (Wildman–Crippen LogP) is 3.43. The molecule has 0 saturated carbocycles. The van der Waals surface area contributed by atoms with Gasteiger partial charge < -0.3 is 9.94 Å². The van der Waals surface area contributed by atoms with Gasteiger partial charge in [-0.1, -0.05) is 41.5 Å². The Balaban J connectivity index is 3.35. The van der Waals surface area contributed by atoms with Crippen molar-refractivity contribution in [3.63, 3.8) is 0 Å². The van der Waals surface area contributed by atoms with Crippen LogP contribution in [-0.2, 0) is 10.8 Å². The third-order valence-electron chi connectivity index (χ3n) is 2.37. The van der Waals surface area contributed by atoms with Crippen molar-refractivity contribution in [1.29, 1.82) is 0 Å². The van der Waals surface area contributed by atoms with Gasteiger partial charge in [0.15, 0.2) is 0 Å². The first-order valence-electron chi connectivity index (χ1n) is 5.04. The Morgan fingerprint density at radius 2 is 1.50 bits per heavy atom. The second-order valence-corrected chi connectivity index (χ2v) is 5.90. The molecule has 0 radical (unpaired) electrons. The molecule has 0 fully saturated rings. The molecule has 0 unspecified atom stereocenters. The lowest BCUT2D eigenvalue weighted by Crippen LogP contribution is -2.23. The quantitative estimate of drug-likeness (QED) is 0.622. The molecule has 0 aliphatic rings. The van der Waals surface area contributed by atoms with Crippen molar-refractivity contribution in [2.75, 3.05) is 0 Å². The maximum absolute atomic E-state index is 11.7. The number of rotatable bonds is 0. The smallest absolute Gasteiger partial charge is 0.0218 e. The molecule has 2 nitrogen and oxygen atoms in total. The van der Waals surface area contributed by atoms with Gasteiger partial charge in [0.25, 0.3) is 0 Å². The highest BCUT2D eigenvalue weighted by Crippen LogP contribution is 2.34.